The van der Waals surface area contributed by atoms with Gasteiger partial charge in [-0.2, -0.15) is 5.10 Å². The average Bonchev–Trinajstić information content (AvgIpc) is 3.17. The van der Waals surface area contributed by atoms with Gasteiger partial charge in [0.25, 0.3) is 0 Å². The Morgan fingerprint density at radius 2 is 2.24 bits per heavy atom. The maximum atomic E-state index is 4.41. The summed E-state index contributed by atoms with van der Waals surface area (Å²) < 4.78 is 1.95. The summed E-state index contributed by atoms with van der Waals surface area (Å²) in [6.45, 7) is 2.82. The van der Waals surface area contributed by atoms with Crippen LogP contribution in [0, 0.1) is 0 Å². The first-order valence-electron chi connectivity index (χ1n) is 7.42. The molecule has 2 heterocycles. The highest BCUT2D eigenvalue weighted by atomic mass is 15.3. The molecule has 2 aromatic rings. The lowest BCUT2D eigenvalue weighted by Crippen LogP contribution is -2.41. The Kier molecular flexibility index (Phi) is 4.19. The van der Waals surface area contributed by atoms with Crippen LogP contribution in [0.5, 0.6) is 0 Å². The Morgan fingerprint density at radius 3 is 3.05 bits per heavy atom. The zero-order valence-electron chi connectivity index (χ0n) is 12.4. The molecule has 0 aliphatic carbocycles. The van der Waals surface area contributed by atoms with Crippen molar-refractivity contribution in [3.05, 3.63) is 48.3 Å². The molecule has 0 radical (unpaired) electrons. The quantitative estimate of drug-likeness (QED) is 0.530. The van der Waals surface area contributed by atoms with Gasteiger partial charge in [-0.15, -0.1) is 0 Å². The normalized spacial score (nSPS) is 14.3. The summed E-state index contributed by atoms with van der Waals surface area (Å²) in [6.07, 6.45) is 5.92. The molecule has 110 valence electrons. The molecule has 0 fully saturated rings. The molecule has 0 atom stereocenters. The lowest BCUT2D eigenvalue weighted by Gasteiger charge is -2.22. The summed E-state index contributed by atoms with van der Waals surface area (Å²) in [5.74, 6) is 0.959. The number of aliphatic imine (C=N–C) groups is 1. The van der Waals surface area contributed by atoms with Crippen LogP contribution in [-0.4, -0.2) is 35.9 Å². The van der Waals surface area contributed by atoms with Crippen LogP contribution in [0.1, 0.15) is 12.0 Å². The van der Waals surface area contributed by atoms with Crippen molar-refractivity contribution in [1.29, 1.82) is 0 Å². The topological polar surface area (TPSA) is 45.5 Å². The van der Waals surface area contributed by atoms with Crippen LogP contribution in [0.25, 0.3) is 0 Å². The molecule has 1 aromatic carbocycles. The van der Waals surface area contributed by atoms with Crippen LogP contribution in [0.15, 0.2) is 47.7 Å². The second-order valence-electron chi connectivity index (χ2n) is 5.13. The minimum absolute atomic E-state index is 0.894. The smallest absolute Gasteiger partial charge is 0.198 e. The molecule has 0 unspecified atom stereocenters. The Hall–Kier alpha value is -2.30. The van der Waals surface area contributed by atoms with E-state index in [1.807, 2.05) is 30.2 Å². The Bertz CT molecular complexity index is 603. The van der Waals surface area contributed by atoms with Crippen LogP contribution >= 0.6 is 0 Å². The minimum atomic E-state index is 0.894. The zero-order valence-corrected chi connectivity index (χ0v) is 12.4. The predicted octanol–water partition coefficient (Wildman–Crippen LogP) is 1.91. The van der Waals surface area contributed by atoms with Crippen molar-refractivity contribution in [3.8, 4) is 0 Å². The van der Waals surface area contributed by atoms with Gasteiger partial charge in [-0.05, 0) is 30.5 Å². The van der Waals surface area contributed by atoms with E-state index in [2.05, 4.69) is 44.6 Å². The first-order valence-corrected chi connectivity index (χ1v) is 7.42. The summed E-state index contributed by atoms with van der Waals surface area (Å²) in [6, 6.07) is 10.5. The van der Waals surface area contributed by atoms with Gasteiger partial charge in [-0.25, -0.2) is 0 Å². The maximum absolute atomic E-state index is 4.41. The van der Waals surface area contributed by atoms with Crippen LogP contribution in [0.3, 0.4) is 0 Å². The molecular formula is C16H21N5. The number of benzene rings is 1. The zero-order chi connectivity index (χ0) is 14.5. The van der Waals surface area contributed by atoms with E-state index in [9.17, 15) is 0 Å². The van der Waals surface area contributed by atoms with Gasteiger partial charge in [-0.3, -0.25) is 9.67 Å². The number of nitrogens with zero attached hydrogens (tertiary/aromatic N) is 4. The first-order chi connectivity index (χ1) is 10.4. The number of aromatic nitrogens is 2. The molecule has 1 aromatic heterocycles. The standard InChI is InChI=1S/C16H21N5/c1-17-16(18-9-4-11-20-12-5-10-19-20)21-13-8-14-6-2-3-7-15(14)21/h2-3,5-7,10,12H,4,8-9,11,13H2,1H3,(H,17,18). The molecule has 0 amide bonds. The molecule has 21 heavy (non-hydrogen) atoms. The summed E-state index contributed by atoms with van der Waals surface area (Å²) in [5, 5.41) is 7.66. The highest BCUT2D eigenvalue weighted by Crippen LogP contribution is 2.27. The van der Waals surface area contributed by atoms with Crippen molar-refractivity contribution >= 4 is 11.6 Å². The van der Waals surface area contributed by atoms with Crippen LogP contribution < -0.4 is 10.2 Å². The highest BCUT2D eigenvalue weighted by Gasteiger charge is 2.21. The monoisotopic (exact) mass is 283 g/mol. The van der Waals surface area contributed by atoms with Gasteiger partial charge in [0.1, 0.15) is 0 Å². The molecular weight excluding hydrogens is 262 g/mol. The second kappa shape index (κ2) is 6.43. The Labute approximate surface area is 125 Å². The first kappa shape index (κ1) is 13.7. The van der Waals surface area contributed by atoms with Gasteiger partial charge in [0.2, 0.25) is 0 Å². The van der Waals surface area contributed by atoms with Gasteiger partial charge in [0.15, 0.2) is 5.96 Å². The molecule has 0 saturated heterocycles. The van der Waals surface area contributed by atoms with E-state index in [-0.39, 0.29) is 0 Å². The molecule has 0 saturated carbocycles. The van der Waals surface area contributed by atoms with Gasteiger partial charge in [0.05, 0.1) is 0 Å². The molecule has 0 spiro atoms. The predicted molar refractivity (Wildman–Crippen MR) is 85.7 cm³/mol. The summed E-state index contributed by atoms with van der Waals surface area (Å²) in [4.78, 5) is 6.68. The number of hydrogen-bond acceptors (Lipinski definition) is 2. The fourth-order valence-corrected chi connectivity index (χ4v) is 2.73. The number of rotatable bonds is 4. The molecule has 1 N–H and O–H groups in total. The van der Waals surface area contributed by atoms with Crippen molar-refractivity contribution in [3.63, 3.8) is 0 Å². The van der Waals surface area contributed by atoms with Gasteiger partial charge in [0, 0.05) is 44.8 Å². The Morgan fingerprint density at radius 1 is 1.33 bits per heavy atom. The largest absolute Gasteiger partial charge is 0.356 e. The van der Waals surface area contributed by atoms with Crippen molar-refractivity contribution in [2.45, 2.75) is 19.4 Å². The van der Waals surface area contributed by atoms with Gasteiger partial charge < -0.3 is 10.2 Å². The molecule has 1 aliphatic rings. The summed E-state index contributed by atoms with van der Waals surface area (Å²) in [5.41, 5.74) is 2.68. The van der Waals surface area contributed by atoms with E-state index in [0.29, 0.717) is 0 Å². The number of guanidine groups is 1. The summed E-state index contributed by atoms with van der Waals surface area (Å²) >= 11 is 0. The lowest BCUT2D eigenvalue weighted by molar-refractivity contribution is 0.572. The van der Waals surface area contributed by atoms with E-state index in [4.69, 9.17) is 0 Å². The number of para-hydroxylation sites is 1. The molecule has 3 rings (SSSR count). The number of hydrogen-bond donors (Lipinski definition) is 1. The molecule has 1 aliphatic heterocycles. The number of nitrogens with one attached hydrogen (secondary N) is 1. The fraction of sp³-hybridized carbons (Fsp3) is 0.375. The third kappa shape index (κ3) is 3.07. The van der Waals surface area contributed by atoms with E-state index in [0.717, 1.165) is 38.4 Å². The molecule has 0 bridgehead atoms. The maximum Gasteiger partial charge on any atom is 0.198 e. The third-order valence-corrected chi connectivity index (χ3v) is 3.76. The van der Waals surface area contributed by atoms with E-state index in [1.165, 1.54) is 11.3 Å². The van der Waals surface area contributed by atoms with Crippen LogP contribution in [-0.2, 0) is 13.0 Å². The van der Waals surface area contributed by atoms with Crippen molar-refractivity contribution < 1.29 is 0 Å². The van der Waals surface area contributed by atoms with Crippen molar-refractivity contribution in [2.24, 2.45) is 4.99 Å². The average molecular weight is 283 g/mol. The van der Waals surface area contributed by atoms with Crippen molar-refractivity contribution in [1.82, 2.24) is 15.1 Å². The lowest BCUT2D eigenvalue weighted by atomic mass is 10.2. The number of fused-ring (bicyclic) bond motifs is 1. The number of aryl methyl sites for hydroxylation is 1. The summed E-state index contributed by atoms with van der Waals surface area (Å²) in [7, 11) is 1.84. The van der Waals surface area contributed by atoms with Gasteiger partial charge in [-0.1, -0.05) is 18.2 Å². The van der Waals surface area contributed by atoms with E-state index >= 15 is 0 Å². The van der Waals surface area contributed by atoms with Gasteiger partial charge >= 0.3 is 0 Å². The Balaban J connectivity index is 1.54. The second-order valence-corrected chi connectivity index (χ2v) is 5.13. The fourth-order valence-electron chi connectivity index (χ4n) is 2.73. The van der Waals surface area contributed by atoms with Crippen molar-refractivity contribution in [2.75, 3.05) is 25.0 Å². The third-order valence-electron chi connectivity index (χ3n) is 3.76. The highest BCUT2D eigenvalue weighted by molar-refractivity contribution is 5.97. The van der Waals surface area contributed by atoms with E-state index in [1.54, 1.807) is 0 Å². The van der Waals surface area contributed by atoms with Crippen LogP contribution in [0.4, 0.5) is 5.69 Å². The molecule has 5 nitrogen and oxygen atoms in total. The number of anilines is 1. The molecule has 5 heteroatoms. The minimum Gasteiger partial charge on any atom is -0.356 e. The van der Waals surface area contributed by atoms with E-state index < -0.39 is 0 Å². The SMILES string of the molecule is CN=C(NCCCn1cccn1)N1CCc2ccccc21. The van der Waals surface area contributed by atoms with Crippen LogP contribution in [0.2, 0.25) is 0 Å².